The van der Waals surface area contributed by atoms with E-state index in [9.17, 15) is 4.79 Å². The zero-order chi connectivity index (χ0) is 11.8. The second-order valence-electron chi connectivity index (χ2n) is 4.98. The normalized spacial score (nSPS) is 19.1. The summed E-state index contributed by atoms with van der Waals surface area (Å²) in [6.07, 6.45) is 4.80. The molecule has 1 aromatic rings. The van der Waals surface area contributed by atoms with Crippen molar-refractivity contribution in [2.75, 3.05) is 6.54 Å². The van der Waals surface area contributed by atoms with Gasteiger partial charge in [-0.1, -0.05) is 17.7 Å². The first kappa shape index (κ1) is 11.0. The number of pyridine rings is 1. The highest BCUT2D eigenvalue weighted by Crippen LogP contribution is 2.35. The fourth-order valence-corrected chi connectivity index (χ4v) is 2.20. The molecule has 1 aromatic heterocycles. The molecule has 0 aliphatic heterocycles. The van der Waals surface area contributed by atoms with Crippen LogP contribution >= 0.6 is 11.6 Å². The minimum Gasteiger partial charge on any atom is -0.334 e. The Balaban J connectivity index is 1.77. The fourth-order valence-electron chi connectivity index (χ4n) is 2.04. The largest absolute Gasteiger partial charge is 0.334 e. The highest BCUT2D eigenvalue weighted by molar-refractivity contribution is 6.29. The summed E-state index contributed by atoms with van der Waals surface area (Å²) in [5, 5.41) is 0.387. The molecule has 2 fully saturated rings. The average Bonchev–Trinajstić information content (AvgIpc) is 3.16. The molecule has 1 amide bonds. The van der Waals surface area contributed by atoms with Crippen LogP contribution in [0, 0.1) is 5.92 Å². The van der Waals surface area contributed by atoms with Crippen molar-refractivity contribution < 1.29 is 4.79 Å². The van der Waals surface area contributed by atoms with Crippen LogP contribution in [0.25, 0.3) is 0 Å². The number of amides is 1. The van der Waals surface area contributed by atoms with Crippen molar-refractivity contribution in [3.05, 3.63) is 29.0 Å². The van der Waals surface area contributed by atoms with Gasteiger partial charge < -0.3 is 4.90 Å². The first-order valence-corrected chi connectivity index (χ1v) is 6.55. The van der Waals surface area contributed by atoms with Crippen LogP contribution < -0.4 is 0 Å². The Labute approximate surface area is 106 Å². The topological polar surface area (TPSA) is 33.2 Å². The lowest BCUT2D eigenvalue weighted by Crippen LogP contribution is -2.35. The summed E-state index contributed by atoms with van der Waals surface area (Å²) in [7, 11) is 0. The molecule has 0 spiro atoms. The van der Waals surface area contributed by atoms with Crippen LogP contribution in [0.5, 0.6) is 0 Å². The molecule has 0 bridgehead atoms. The molecule has 0 saturated heterocycles. The second kappa shape index (κ2) is 4.30. The number of carbonyl (C=O) groups excluding carboxylic acids is 1. The Morgan fingerprint density at radius 3 is 2.71 bits per heavy atom. The fraction of sp³-hybridized carbons (Fsp3) is 0.538. The zero-order valence-corrected chi connectivity index (χ0v) is 10.4. The lowest BCUT2D eigenvalue weighted by molar-refractivity contribution is 0.0729. The number of hydrogen-bond acceptors (Lipinski definition) is 2. The van der Waals surface area contributed by atoms with Crippen molar-refractivity contribution in [1.29, 1.82) is 0 Å². The molecule has 0 N–H and O–H groups in total. The average molecular weight is 251 g/mol. The number of nitrogens with zero attached hydrogens (tertiary/aromatic N) is 2. The third-order valence-corrected chi connectivity index (χ3v) is 3.55. The predicted molar refractivity (Wildman–Crippen MR) is 66.0 cm³/mol. The molecule has 2 aliphatic carbocycles. The van der Waals surface area contributed by atoms with Crippen LogP contribution in [0.3, 0.4) is 0 Å². The molecule has 4 heteroatoms. The maximum Gasteiger partial charge on any atom is 0.272 e. The molecule has 1 heterocycles. The number of rotatable bonds is 4. The van der Waals surface area contributed by atoms with Gasteiger partial charge in [0.05, 0.1) is 0 Å². The van der Waals surface area contributed by atoms with E-state index in [2.05, 4.69) is 4.98 Å². The molecule has 90 valence electrons. The lowest BCUT2D eigenvalue weighted by atomic mass is 10.2. The molecule has 0 unspecified atom stereocenters. The Kier molecular flexibility index (Phi) is 2.79. The maximum absolute atomic E-state index is 12.3. The van der Waals surface area contributed by atoms with Gasteiger partial charge in [-0.25, -0.2) is 4.98 Å². The zero-order valence-electron chi connectivity index (χ0n) is 9.60. The Hall–Kier alpha value is -1.09. The van der Waals surface area contributed by atoms with E-state index >= 15 is 0 Å². The van der Waals surface area contributed by atoms with E-state index in [1.54, 1.807) is 18.2 Å². The van der Waals surface area contributed by atoms with Gasteiger partial charge in [0, 0.05) is 12.6 Å². The molecule has 3 rings (SSSR count). The first-order valence-electron chi connectivity index (χ1n) is 6.17. The molecule has 0 atom stereocenters. The third-order valence-electron chi connectivity index (χ3n) is 3.33. The SMILES string of the molecule is O=C(c1cccc(Cl)n1)N(CC1CC1)C1CC1. The van der Waals surface area contributed by atoms with E-state index in [4.69, 9.17) is 11.6 Å². The third kappa shape index (κ3) is 2.60. The van der Waals surface area contributed by atoms with Crippen LogP contribution in [0.1, 0.15) is 36.2 Å². The number of aromatic nitrogens is 1. The minimum absolute atomic E-state index is 0.0434. The second-order valence-corrected chi connectivity index (χ2v) is 5.36. The van der Waals surface area contributed by atoms with E-state index in [0.29, 0.717) is 16.9 Å². The van der Waals surface area contributed by atoms with E-state index in [-0.39, 0.29) is 5.91 Å². The van der Waals surface area contributed by atoms with Gasteiger partial charge in [0.1, 0.15) is 10.8 Å². The quantitative estimate of drug-likeness (QED) is 0.770. The first-order chi connectivity index (χ1) is 8.24. The number of carbonyl (C=O) groups is 1. The Morgan fingerprint density at radius 1 is 1.35 bits per heavy atom. The lowest BCUT2D eigenvalue weighted by Gasteiger charge is -2.21. The highest BCUT2D eigenvalue weighted by Gasteiger charge is 2.37. The van der Waals surface area contributed by atoms with E-state index in [0.717, 1.165) is 25.3 Å². The van der Waals surface area contributed by atoms with Gasteiger partial charge in [0.2, 0.25) is 0 Å². The summed E-state index contributed by atoms with van der Waals surface area (Å²) in [5.74, 6) is 0.764. The molecule has 2 saturated carbocycles. The van der Waals surface area contributed by atoms with Crippen LogP contribution in [-0.2, 0) is 0 Å². The monoisotopic (exact) mass is 250 g/mol. The van der Waals surface area contributed by atoms with Crippen LogP contribution in [0.4, 0.5) is 0 Å². The molecule has 17 heavy (non-hydrogen) atoms. The number of halogens is 1. The number of hydrogen-bond donors (Lipinski definition) is 0. The summed E-state index contributed by atoms with van der Waals surface area (Å²) < 4.78 is 0. The van der Waals surface area contributed by atoms with Gasteiger partial charge in [0.25, 0.3) is 5.91 Å². The van der Waals surface area contributed by atoms with E-state index < -0.39 is 0 Å². The molecule has 2 aliphatic rings. The molecule has 0 radical (unpaired) electrons. The Morgan fingerprint density at radius 2 is 2.12 bits per heavy atom. The van der Waals surface area contributed by atoms with Gasteiger partial charge in [-0.2, -0.15) is 0 Å². The minimum atomic E-state index is 0.0434. The molecule has 3 nitrogen and oxygen atoms in total. The van der Waals surface area contributed by atoms with Crippen molar-refractivity contribution >= 4 is 17.5 Å². The van der Waals surface area contributed by atoms with Crippen LogP contribution in [-0.4, -0.2) is 28.4 Å². The van der Waals surface area contributed by atoms with Gasteiger partial charge >= 0.3 is 0 Å². The molecule has 0 aromatic carbocycles. The van der Waals surface area contributed by atoms with Crippen LogP contribution in [0.15, 0.2) is 18.2 Å². The summed E-state index contributed by atoms with van der Waals surface area (Å²) in [5.41, 5.74) is 0.477. The molecular weight excluding hydrogens is 236 g/mol. The predicted octanol–water partition coefficient (Wildman–Crippen LogP) is 2.75. The standard InChI is InChI=1S/C13H15ClN2O/c14-12-3-1-2-11(15-12)13(17)16(10-6-7-10)8-9-4-5-9/h1-3,9-10H,4-8H2. The maximum atomic E-state index is 12.3. The van der Waals surface area contributed by atoms with Crippen molar-refractivity contribution in [2.24, 2.45) is 5.92 Å². The summed E-state index contributed by atoms with van der Waals surface area (Å²) in [6.45, 7) is 0.900. The summed E-state index contributed by atoms with van der Waals surface area (Å²) in [6, 6.07) is 5.67. The van der Waals surface area contributed by atoms with Gasteiger partial charge in [-0.05, 0) is 43.7 Å². The van der Waals surface area contributed by atoms with E-state index in [1.807, 2.05) is 4.90 Å². The van der Waals surface area contributed by atoms with Gasteiger partial charge in [0.15, 0.2) is 0 Å². The van der Waals surface area contributed by atoms with Crippen molar-refractivity contribution in [2.45, 2.75) is 31.7 Å². The highest BCUT2D eigenvalue weighted by atomic mass is 35.5. The van der Waals surface area contributed by atoms with Crippen molar-refractivity contribution in [3.63, 3.8) is 0 Å². The van der Waals surface area contributed by atoms with Gasteiger partial charge in [-0.15, -0.1) is 0 Å². The molecular formula is C13H15ClN2O. The summed E-state index contributed by atoms with van der Waals surface area (Å²) in [4.78, 5) is 18.4. The van der Waals surface area contributed by atoms with Crippen molar-refractivity contribution in [3.8, 4) is 0 Å². The summed E-state index contributed by atoms with van der Waals surface area (Å²) >= 11 is 5.83. The van der Waals surface area contributed by atoms with Crippen LogP contribution in [0.2, 0.25) is 5.15 Å². The van der Waals surface area contributed by atoms with Crippen molar-refractivity contribution in [1.82, 2.24) is 9.88 Å². The Bertz CT molecular complexity index is 441. The smallest absolute Gasteiger partial charge is 0.272 e. The van der Waals surface area contributed by atoms with E-state index in [1.165, 1.54) is 12.8 Å². The van der Waals surface area contributed by atoms with Gasteiger partial charge in [-0.3, -0.25) is 4.79 Å².